The van der Waals surface area contributed by atoms with Crippen molar-refractivity contribution in [2.24, 2.45) is 0 Å². The van der Waals surface area contributed by atoms with E-state index in [1.807, 2.05) is 0 Å². The molecule has 0 radical (unpaired) electrons. The van der Waals surface area contributed by atoms with Crippen LogP contribution in [0.3, 0.4) is 0 Å². The van der Waals surface area contributed by atoms with Crippen LogP contribution in [0.2, 0.25) is 5.02 Å². The number of nitrogens with two attached hydrogens (primary N) is 1. The second-order valence-corrected chi connectivity index (χ2v) is 5.22. The summed E-state index contributed by atoms with van der Waals surface area (Å²) in [6.07, 6.45) is 3.69. The highest BCUT2D eigenvalue weighted by Gasteiger charge is 2.31. The molecule has 1 aromatic heterocycles. The van der Waals surface area contributed by atoms with Crippen LogP contribution in [0.4, 0.5) is 11.6 Å². The van der Waals surface area contributed by atoms with Crippen LogP contribution in [0, 0.1) is 0 Å². The number of halogens is 1. The van der Waals surface area contributed by atoms with Crippen LogP contribution in [0.5, 0.6) is 0 Å². The van der Waals surface area contributed by atoms with Gasteiger partial charge in [-0.2, -0.15) is 0 Å². The second kappa shape index (κ2) is 4.66. The topological polar surface area (TPSA) is 73.1 Å². The Morgan fingerprint density at radius 2 is 2.35 bits per heavy atom. The van der Waals surface area contributed by atoms with Gasteiger partial charge in [-0.15, -0.1) is 0 Å². The lowest BCUT2D eigenvalue weighted by molar-refractivity contribution is -0.00913. The molecular weight excluding hydrogens is 240 g/mol. The molecule has 6 heteroatoms. The zero-order valence-electron chi connectivity index (χ0n) is 10.0. The van der Waals surface area contributed by atoms with Gasteiger partial charge < -0.3 is 15.8 Å². The third kappa shape index (κ3) is 2.98. The van der Waals surface area contributed by atoms with Crippen LogP contribution in [0.25, 0.3) is 0 Å². The van der Waals surface area contributed by atoms with Gasteiger partial charge in [0.25, 0.3) is 0 Å². The number of anilines is 2. The minimum atomic E-state index is -0.0269. The number of hydrogen-bond acceptors (Lipinski definition) is 5. The highest BCUT2D eigenvalue weighted by atomic mass is 35.5. The van der Waals surface area contributed by atoms with Crippen molar-refractivity contribution in [2.45, 2.75) is 38.4 Å². The first-order chi connectivity index (χ1) is 7.98. The first kappa shape index (κ1) is 12.4. The summed E-state index contributed by atoms with van der Waals surface area (Å²) in [5.41, 5.74) is 5.57. The molecular formula is C11H17ClN4O. The molecule has 94 valence electrons. The van der Waals surface area contributed by atoms with E-state index in [1.165, 1.54) is 6.33 Å². The van der Waals surface area contributed by atoms with Crippen molar-refractivity contribution in [2.75, 3.05) is 17.6 Å². The maximum Gasteiger partial charge on any atom is 0.150 e. The van der Waals surface area contributed by atoms with Crippen LogP contribution in [0.15, 0.2) is 6.33 Å². The van der Waals surface area contributed by atoms with Crippen molar-refractivity contribution in [1.82, 2.24) is 9.97 Å². The Bertz CT molecular complexity index is 410. The first-order valence-corrected chi connectivity index (χ1v) is 6.03. The van der Waals surface area contributed by atoms with Gasteiger partial charge in [-0.3, -0.25) is 0 Å². The predicted molar refractivity (Wildman–Crippen MR) is 68.1 cm³/mol. The lowest BCUT2D eigenvalue weighted by Gasteiger charge is -2.19. The monoisotopic (exact) mass is 256 g/mol. The highest BCUT2D eigenvalue weighted by Crippen LogP contribution is 2.30. The smallest absolute Gasteiger partial charge is 0.150 e. The van der Waals surface area contributed by atoms with E-state index in [0.717, 1.165) is 12.8 Å². The summed E-state index contributed by atoms with van der Waals surface area (Å²) < 4.78 is 5.86. The molecule has 1 aliphatic rings. The van der Waals surface area contributed by atoms with E-state index >= 15 is 0 Å². The largest absolute Gasteiger partial charge is 0.382 e. The van der Waals surface area contributed by atoms with Gasteiger partial charge in [-0.1, -0.05) is 11.6 Å². The quantitative estimate of drug-likeness (QED) is 0.866. The van der Waals surface area contributed by atoms with Crippen LogP contribution in [-0.4, -0.2) is 28.2 Å². The van der Waals surface area contributed by atoms with Crippen molar-refractivity contribution in [1.29, 1.82) is 0 Å². The van der Waals surface area contributed by atoms with Crippen LogP contribution in [0.1, 0.15) is 26.7 Å². The SMILES string of the molecule is CC1(C)CC[C@@H](CNc2ncnc(N)c2Cl)O1. The molecule has 0 unspecified atom stereocenters. The molecule has 0 aromatic carbocycles. The number of rotatable bonds is 3. The van der Waals surface area contributed by atoms with E-state index in [2.05, 4.69) is 29.1 Å². The molecule has 5 nitrogen and oxygen atoms in total. The van der Waals surface area contributed by atoms with Crippen molar-refractivity contribution in [3.8, 4) is 0 Å². The summed E-state index contributed by atoms with van der Waals surface area (Å²) >= 11 is 5.98. The number of nitrogens with zero attached hydrogens (tertiary/aromatic N) is 2. The third-order valence-electron chi connectivity index (χ3n) is 2.87. The molecule has 0 bridgehead atoms. The molecule has 1 aromatic rings. The summed E-state index contributed by atoms with van der Waals surface area (Å²) in [4.78, 5) is 7.85. The molecule has 2 rings (SSSR count). The van der Waals surface area contributed by atoms with Crippen LogP contribution in [-0.2, 0) is 4.74 Å². The highest BCUT2D eigenvalue weighted by molar-refractivity contribution is 6.35. The first-order valence-electron chi connectivity index (χ1n) is 5.65. The molecule has 2 heterocycles. The standard InChI is InChI=1S/C11H17ClN4O/c1-11(2)4-3-7(17-11)5-14-10-8(12)9(13)15-6-16-10/h6-7H,3-5H2,1-2H3,(H3,13,14,15,16)/t7-/m0/s1. The number of aromatic nitrogens is 2. The normalized spacial score (nSPS) is 22.6. The van der Waals surface area contributed by atoms with E-state index < -0.39 is 0 Å². The fraction of sp³-hybridized carbons (Fsp3) is 0.636. The predicted octanol–water partition coefficient (Wildman–Crippen LogP) is 2.08. The maximum atomic E-state index is 5.98. The Labute approximate surface area is 106 Å². The molecule has 0 aliphatic carbocycles. The lowest BCUT2D eigenvalue weighted by atomic mass is 10.1. The molecule has 3 N–H and O–H groups in total. The van der Waals surface area contributed by atoms with Crippen molar-refractivity contribution in [3.63, 3.8) is 0 Å². The fourth-order valence-electron chi connectivity index (χ4n) is 1.94. The average molecular weight is 257 g/mol. The van der Waals surface area contributed by atoms with Gasteiger partial charge >= 0.3 is 0 Å². The van der Waals surface area contributed by atoms with E-state index in [4.69, 9.17) is 22.1 Å². The minimum absolute atomic E-state index is 0.0269. The fourth-order valence-corrected chi connectivity index (χ4v) is 2.10. The zero-order chi connectivity index (χ0) is 12.5. The summed E-state index contributed by atoms with van der Waals surface area (Å²) in [6.45, 7) is 4.88. The number of ether oxygens (including phenoxy) is 1. The molecule has 1 saturated heterocycles. The molecule has 17 heavy (non-hydrogen) atoms. The Morgan fingerprint density at radius 3 is 3.00 bits per heavy atom. The summed E-state index contributed by atoms with van der Waals surface area (Å²) in [7, 11) is 0. The summed E-state index contributed by atoms with van der Waals surface area (Å²) in [5, 5.41) is 3.51. The average Bonchev–Trinajstić information content (AvgIpc) is 2.61. The minimum Gasteiger partial charge on any atom is -0.382 e. The molecule has 0 amide bonds. The summed E-state index contributed by atoms with van der Waals surface area (Å²) in [6, 6.07) is 0. The lowest BCUT2D eigenvalue weighted by Crippen LogP contribution is -2.25. The van der Waals surface area contributed by atoms with Crippen LogP contribution >= 0.6 is 11.6 Å². The van der Waals surface area contributed by atoms with Gasteiger partial charge in [-0.25, -0.2) is 9.97 Å². The molecule has 0 saturated carbocycles. The van der Waals surface area contributed by atoms with Gasteiger partial charge in [-0.05, 0) is 26.7 Å². The van der Waals surface area contributed by atoms with E-state index in [9.17, 15) is 0 Å². The Morgan fingerprint density at radius 1 is 1.59 bits per heavy atom. The zero-order valence-corrected chi connectivity index (χ0v) is 10.8. The maximum absolute atomic E-state index is 5.98. The van der Waals surface area contributed by atoms with Crippen molar-refractivity contribution >= 4 is 23.2 Å². The van der Waals surface area contributed by atoms with E-state index in [1.54, 1.807) is 0 Å². The van der Waals surface area contributed by atoms with Gasteiger partial charge in [0.15, 0.2) is 5.82 Å². The van der Waals surface area contributed by atoms with Gasteiger partial charge in [0.05, 0.1) is 11.7 Å². The van der Waals surface area contributed by atoms with Crippen LogP contribution < -0.4 is 11.1 Å². The number of nitrogens with one attached hydrogen (secondary N) is 1. The molecule has 1 atom stereocenters. The Balaban J connectivity index is 1.93. The number of hydrogen-bond donors (Lipinski definition) is 2. The molecule has 0 spiro atoms. The van der Waals surface area contributed by atoms with Crippen molar-refractivity contribution in [3.05, 3.63) is 11.3 Å². The van der Waals surface area contributed by atoms with Gasteiger partial charge in [0, 0.05) is 6.54 Å². The van der Waals surface area contributed by atoms with Gasteiger partial charge in [0.2, 0.25) is 0 Å². The Kier molecular flexibility index (Phi) is 3.40. The van der Waals surface area contributed by atoms with E-state index in [-0.39, 0.29) is 17.5 Å². The third-order valence-corrected chi connectivity index (χ3v) is 3.24. The van der Waals surface area contributed by atoms with Crippen molar-refractivity contribution < 1.29 is 4.74 Å². The van der Waals surface area contributed by atoms with E-state index in [0.29, 0.717) is 17.4 Å². The molecule has 1 aliphatic heterocycles. The Hall–Kier alpha value is -1.07. The summed E-state index contributed by atoms with van der Waals surface area (Å²) in [5.74, 6) is 0.851. The van der Waals surface area contributed by atoms with Gasteiger partial charge in [0.1, 0.15) is 17.2 Å². The second-order valence-electron chi connectivity index (χ2n) is 4.84. The molecule has 1 fully saturated rings. The number of nitrogen functional groups attached to an aromatic ring is 1.